The van der Waals surface area contributed by atoms with E-state index >= 15 is 0 Å². The Balaban J connectivity index is 1.90. The number of ether oxygens (including phenoxy) is 2. The topological polar surface area (TPSA) is 146 Å². The third-order valence-electron chi connectivity index (χ3n) is 4.71. The molecule has 0 fully saturated rings. The van der Waals surface area contributed by atoms with Crippen molar-refractivity contribution >= 4 is 12.2 Å². The molecule has 178 valence electrons. The van der Waals surface area contributed by atoms with Crippen LogP contribution >= 0.6 is 0 Å². The van der Waals surface area contributed by atoms with E-state index in [9.17, 15) is 24.9 Å². The van der Waals surface area contributed by atoms with Crippen LogP contribution in [0.2, 0.25) is 0 Å². The molecular formula is C24H29NO8. The van der Waals surface area contributed by atoms with Gasteiger partial charge in [0.2, 0.25) is 0 Å². The van der Waals surface area contributed by atoms with Gasteiger partial charge in [-0.25, -0.2) is 0 Å². The third-order valence-corrected chi connectivity index (χ3v) is 4.71. The maximum atomic E-state index is 12.6. The van der Waals surface area contributed by atoms with Gasteiger partial charge in [0, 0.05) is 12.1 Å². The lowest BCUT2D eigenvalue weighted by molar-refractivity contribution is -0.156. The highest BCUT2D eigenvalue weighted by Crippen LogP contribution is 2.12. The maximum absolute atomic E-state index is 12.6. The summed E-state index contributed by atoms with van der Waals surface area (Å²) in [5.41, 5.74) is 1.36. The van der Waals surface area contributed by atoms with Crippen LogP contribution in [0.1, 0.15) is 15.9 Å². The maximum Gasteiger partial charge on any atom is 0.252 e. The van der Waals surface area contributed by atoms with Gasteiger partial charge in [-0.3, -0.25) is 9.59 Å². The number of hydrogen-bond donors (Lipinski definition) is 5. The van der Waals surface area contributed by atoms with Crippen LogP contribution in [-0.2, 0) is 16.1 Å². The molecular weight excluding hydrogens is 430 g/mol. The van der Waals surface area contributed by atoms with Crippen LogP contribution < -0.4 is 10.1 Å². The average molecular weight is 459 g/mol. The average Bonchev–Trinajstić information content (AvgIpc) is 2.86. The zero-order valence-corrected chi connectivity index (χ0v) is 18.0. The molecule has 9 nitrogen and oxygen atoms in total. The van der Waals surface area contributed by atoms with E-state index in [4.69, 9.17) is 14.6 Å². The van der Waals surface area contributed by atoms with E-state index < -0.39 is 36.9 Å². The standard InChI is InChI=1S/C24H29NO8/c26-15-18-8-10-19(11-9-18)32-12-4-5-13-33-23(22(30)21(29)20(28)16-27)24(31)25-14-17-6-2-1-3-7-17/h1-11,15,20-23,27-30H,12-14,16H2,(H,25,31)/b5-4+/t20-,21-,22+,23-/m1/s1. The summed E-state index contributed by atoms with van der Waals surface area (Å²) in [6.45, 7) is -0.502. The molecule has 4 atom stereocenters. The normalized spacial score (nSPS) is 14.9. The summed E-state index contributed by atoms with van der Waals surface area (Å²) in [7, 11) is 0. The second-order valence-corrected chi connectivity index (χ2v) is 7.16. The van der Waals surface area contributed by atoms with Gasteiger partial charge in [0.15, 0.2) is 6.10 Å². The minimum absolute atomic E-state index is 0.0874. The fourth-order valence-electron chi connectivity index (χ4n) is 2.81. The van der Waals surface area contributed by atoms with E-state index in [0.29, 0.717) is 11.3 Å². The molecule has 0 saturated heterocycles. The number of carbonyl (C=O) groups excluding carboxylic acids is 2. The molecule has 33 heavy (non-hydrogen) atoms. The summed E-state index contributed by atoms with van der Waals surface area (Å²) in [6, 6.07) is 15.7. The van der Waals surface area contributed by atoms with Crippen LogP contribution in [0.15, 0.2) is 66.7 Å². The first-order valence-electron chi connectivity index (χ1n) is 10.4. The number of amides is 1. The van der Waals surface area contributed by atoms with Gasteiger partial charge in [-0.05, 0) is 35.9 Å². The number of rotatable bonds is 14. The van der Waals surface area contributed by atoms with Crippen LogP contribution in [0.3, 0.4) is 0 Å². The summed E-state index contributed by atoms with van der Waals surface area (Å²) < 4.78 is 10.9. The predicted octanol–water partition coefficient (Wildman–Crippen LogP) is 0.211. The number of aldehydes is 1. The van der Waals surface area contributed by atoms with Crippen molar-refractivity contribution in [3.63, 3.8) is 0 Å². The van der Waals surface area contributed by atoms with Gasteiger partial charge in [-0.15, -0.1) is 0 Å². The predicted molar refractivity (Wildman–Crippen MR) is 120 cm³/mol. The molecule has 0 unspecified atom stereocenters. The first-order valence-corrected chi connectivity index (χ1v) is 10.4. The molecule has 2 aromatic rings. The van der Waals surface area contributed by atoms with E-state index in [0.717, 1.165) is 11.8 Å². The molecule has 0 bridgehead atoms. The van der Waals surface area contributed by atoms with Crippen LogP contribution in [0.25, 0.3) is 0 Å². The van der Waals surface area contributed by atoms with Gasteiger partial charge in [-0.2, -0.15) is 0 Å². The van der Waals surface area contributed by atoms with Crippen molar-refractivity contribution in [2.75, 3.05) is 19.8 Å². The van der Waals surface area contributed by atoms with E-state index in [2.05, 4.69) is 5.32 Å². The lowest BCUT2D eigenvalue weighted by Crippen LogP contribution is -2.52. The van der Waals surface area contributed by atoms with Crippen molar-refractivity contribution in [1.82, 2.24) is 5.32 Å². The van der Waals surface area contributed by atoms with Crippen molar-refractivity contribution < 1.29 is 39.5 Å². The molecule has 9 heteroatoms. The summed E-state index contributed by atoms with van der Waals surface area (Å²) in [5.74, 6) is -0.115. The fraction of sp³-hybridized carbons (Fsp3) is 0.333. The highest BCUT2D eigenvalue weighted by atomic mass is 16.5. The Labute approximate surface area is 191 Å². The van der Waals surface area contributed by atoms with Crippen LogP contribution in [0.4, 0.5) is 0 Å². The van der Waals surface area contributed by atoms with Gasteiger partial charge >= 0.3 is 0 Å². The van der Waals surface area contributed by atoms with Gasteiger partial charge in [0.05, 0.1) is 13.2 Å². The van der Waals surface area contributed by atoms with Gasteiger partial charge in [0.1, 0.15) is 37.0 Å². The van der Waals surface area contributed by atoms with Crippen molar-refractivity contribution in [1.29, 1.82) is 0 Å². The molecule has 2 rings (SSSR count). The Morgan fingerprint density at radius 1 is 0.939 bits per heavy atom. The Bertz CT molecular complexity index is 872. The van der Waals surface area contributed by atoms with Crippen molar-refractivity contribution in [2.45, 2.75) is 31.0 Å². The Kier molecular flexibility index (Phi) is 11.2. The van der Waals surface area contributed by atoms with E-state index in [1.165, 1.54) is 0 Å². The van der Waals surface area contributed by atoms with Gasteiger partial charge in [0.25, 0.3) is 5.91 Å². The first kappa shape index (κ1) is 26.2. The minimum atomic E-state index is -1.79. The number of hydrogen-bond acceptors (Lipinski definition) is 8. The largest absolute Gasteiger partial charge is 0.490 e. The lowest BCUT2D eigenvalue weighted by atomic mass is 10.0. The van der Waals surface area contributed by atoms with E-state index in [1.807, 2.05) is 30.3 Å². The number of carbonyl (C=O) groups is 2. The SMILES string of the molecule is O=Cc1ccc(OC/C=C/CO[C@@H](C(=O)NCc2ccccc2)[C@@H](O)[C@H](O)[C@H](O)CO)cc1. The number of nitrogens with one attached hydrogen (secondary N) is 1. The second-order valence-electron chi connectivity index (χ2n) is 7.16. The molecule has 5 N–H and O–H groups in total. The highest BCUT2D eigenvalue weighted by Gasteiger charge is 2.36. The fourth-order valence-corrected chi connectivity index (χ4v) is 2.81. The smallest absolute Gasteiger partial charge is 0.252 e. The summed E-state index contributed by atoms with van der Waals surface area (Å²) in [6.07, 6.45) is -2.75. The number of aliphatic hydroxyl groups excluding tert-OH is 4. The van der Waals surface area contributed by atoms with Crippen LogP contribution in [0.5, 0.6) is 5.75 Å². The molecule has 0 aliphatic carbocycles. The number of aliphatic hydroxyl groups is 4. The molecule has 0 aromatic heterocycles. The third kappa shape index (κ3) is 8.76. The molecule has 0 saturated carbocycles. The van der Waals surface area contributed by atoms with E-state index in [1.54, 1.807) is 36.4 Å². The van der Waals surface area contributed by atoms with Crippen molar-refractivity contribution in [2.24, 2.45) is 0 Å². The summed E-state index contributed by atoms with van der Waals surface area (Å²) in [5, 5.41) is 41.6. The molecule has 0 heterocycles. The molecule has 0 aliphatic heterocycles. The monoisotopic (exact) mass is 459 g/mol. The lowest BCUT2D eigenvalue weighted by Gasteiger charge is -2.28. The van der Waals surface area contributed by atoms with Crippen molar-refractivity contribution in [3.05, 3.63) is 77.9 Å². The molecule has 0 radical (unpaired) electrons. The zero-order valence-electron chi connectivity index (χ0n) is 18.0. The minimum Gasteiger partial charge on any atom is -0.490 e. The van der Waals surface area contributed by atoms with Crippen LogP contribution in [-0.4, -0.2) is 76.9 Å². The quantitative estimate of drug-likeness (QED) is 0.199. The van der Waals surface area contributed by atoms with Gasteiger partial charge in [-0.1, -0.05) is 36.4 Å². The zero-order chi connectivity index (χ0) is 24.1. The first-order chi connectivity index (χ1) is 16.0. The molecule has 1 amide bonds. The van der Waals surface area contributed by atoms with Gasteiger partial charge < -0.3 is 35.2 Å². The molecule has 0 spiro atoms. The van der Waals surface area contributed by atoms with Crippen LogP contribution in [0, 0.1) is 0 Å². The number of benzene rings is 2. The van der Waals surface area contributed by atoms with E-state index in [-0.39, 0.29) is 19.8 Å². The Morgan fingerprint density at radius 3 is 2.24 bits per heavy atom. The van der Waals surface area contributed by atoms with Crippen molar-refractivity contribution in [3.8, 4) is 5.75 Å². The Hall–Kier alpha value is -3.08. The molecule has 2 aromatic carbocycles. The molecule has 0 aliphatic rings. The second kappa shape index (κ2) is 14.1. The summed E-state index contributed by atoms with van der Waals surface area (Å²) in [4.78, 5) is 23.3. The Morgan fingerprint density at radius 2 is 1.61 bits per heavy atom. The summed E-state index contributed by atoms with van der Waals surface area (Å²) >= 11 is 0. The highest BCUT2D eigenvalue weighted by molar-refractivity contribution is 5.81.